The van der Waals surface area contributed by atoms with Gasteiger partial charge >= 0.3 is 5.95 Å². The standard InChI is InChI=1S/C22H25Cl2N3O/c1-2-3-4-5-8-13-26-19-9-6-7-10-20(19)27(22(26)25)15-21(28)16-11-12-17(23)18(24)14-16/h6-7,9-12,14,25H,2-5,8,13,15H2,1H3/p+1. The van der Waals surface area contributed by atoms with Crippen molar-refractivity contribution in [3.05, 3.63) is 58.1 Å². The predicted octanol–water partition coefficient (Wildman–Crippen LogP) is 5.67. The lowest BCUT2D eigenvalue weighted by molar-refractivity contribution is -0.642. The summed E-state index contributed by atoms with van der Waals surface area (Å²) in [6.07, 6.45) is 5.99. The van der Waals surface area contributed by atoms with E-state index in [1.54, 1.807) is 18.2 Å². The number of fused-ring (bicyclic) bond motifs is 1. The van der Waals surface area contributed by atoms with Crippen LogP contribution in [0.1, 0.15) is 49.4 Å². The molecule has 3 aromatic rings. The molecule has 148 valence electrons. The number of Topliss-reactive ketones (excluding diaryl/α,β-unsaturated/α-hetero) is 1. The monoisotopic (exact) mass is 418 g/mol. The van der Waals surface area contributed by atoms with E-state index in [1.807, 2.05) is 22.8 Å². The summed E-state index contributed by atoms with van der Waals surface area (Å²) in [6.45, 7) is 3.22. The molecular weight excluding hydrogens is 393 g/mol. The Balaban J connectivity index is 1.85. The van der Waals surface area contributed by atoms with Crippen LogP contribution in [0.3, 0.4) is 0 Å². The second-order valence-electron chi connectivity index (χ2n) is 7.05. The number of hydrogen-bond acceptors (Lipinski definition) is 2. The van der Waals surface area contributed by atoms with Crippen molar-refractivity contribution in [3.8, 4) is 0 Å². The lowest BCUT2D eigenvalue weighted by atomic mass is 10.1. The van der Waals surface area contributed by atoms with Gasteiger partial charge in [0.25, 0.3) is 0 Å². The van der Waals surface area contributed by atoms with Gasteiger partial charge in [-0.3, -0.25) is 10.5 Å². The van der Waals surface area contributed by atoms with Gasteiger partial charge in [-0.05, 0) is 36.8 Å². The van der Waals surface area contributed by atoms with Gasteiger partial charge in [0, 0.05) is 5.56 Å². The van der Waals surface area contributed by atoms with Gasteiger partial charge in [0.2, 0.25) is 0 Å². The number of nitrogen functional groups attached to an aromatic ring is 1. The number of rotatable bonds is 9. The lowest BCUT2D eigenvalue weighted by Crippen LogP contribution is -2.40. The molecule has 0 aliphatic heterocycles. The topological polar surface area (TPSA) is 51.9 Å². The maximum absolute atomic E-state index is 12.8. The minimum atomic E-state index is -0.0545. The average molecular weight is 419 g/mol. The zero-order valence-corrected chi connectivity index (χ0v) is 17.6. The van der Waals surface area contributed by atoms with Crippen LogP contribution in [0.15, 0.2) is 42.5 Å². The van der Waals surface area contributed by atoms with E-state index in [0.717, 1.165) is 24.0 Å². The maximum Gasteiger partial charge on any atom is 0.356 e. The lowest BCUT2D eigenvalue weighted by Gasteiger charge is -2.04. The number of carbonyl (C=O) groups excluding carboxylic acids is 1. The molecule has 6 heteroatoms. The first kappa shape index (κ1) is 20.7. The molecule has 0 aliphatic carbocycles. The molecule has 0 fully saturated rings. The highest BCUT2D eigenvalue weighted by Crippen LogP contribution is 2.23. The summed E-state index contributed by atoms with van der Waals surface area (Å²) in [5.41, 5.74) is 9.00. The van der Waals surface area contributed by atoms with Crippen molar-refractivity contribution in [1.29, 1.82) is 0 Å². The van der Waals surface area contributed by atoms with Crippen LogP contribution >= 0.6 is 23.2 Å². The second-order valence-corrected chi connectivity index (χ2v) is 7.87. The number of ketones is 1. The van der Waals surface area contributed by atoms with Crippen LogP contribution in [-0.4, -0.2) is 10.4 Å². The van der Waals surface area contributed by atoms with Crippen LogP contribution in [0.2, 0.25) is 10.0 Å². The van der Waals surface area contributed by atoms with Gasteiger partial charge in [-0.25, -0.2) is 9.13 Å². The third-order valence-electron chi connectivity index (χ3n) is 5.04. The number of benzene rings is 2. The fourth-order valence-corrected chi connectivity index (χ4v) is 3.79. The Morgan fingerprint density at radius 1 is 1.04 bits per heavy atom. The molecule has 0 aliphatic rings. The number of para-hydroxylation sites is 2. The molecule has 0 saturated carbocycles. The molecule has 1 heterocycles. The molecule has 0 saturated heterocycles. The van der Waals surface area contributed by atoms with Crippen molar-refractivity contribution < 1.29 is 9.36 Å². The first-order valence-corrected chi connectivity index (χ1v) is 10.5. The van der Waals surface area contributed by atoms with E-state index in [-0.39, 0.29) is 12.3 Å². The molecule has 0 amide bonds. The molecule has 0 spiro atoms. The summed E-state index contributed by atoms with van der Waals surface area (Å²) in [6, 6.07) is 13.0. The third kappa shape index (κ3) is 4.50. The van der Waals surface area contributed by atoms with E-state index in [0.29, 0.717) is 21.6 Å². The number of carbonyl (C=O) groups is 1. The number of aromatic nitrogens is 2. The van der Waals surface area contributed by atoms with Gasteiger partial charge in [-0.1, -0.05) is 67.9 Å². The first-order chi connectivity index (χ1) is 13.5. The molecule has 3 rings (SSSR count). The molecule has 2 aromatic carbocycles. The number of halogens is 2. The number of hydrogen-bond donors (Lipinski definition) is 1. The molecule has 28 heavy (non-hydrogen) atoms. The van der Waals surface area contributed by atoms with E-state index >= 15 is 0 Å². The highest BCUT2D eigenvalue weighted by atomic mass is 35.5. The number of imidazole rings is 1. The van der Waals surface area contributed by atoms with Crippen LogP contribution < -0.4 is 10.3 Å². The highest BCUT2D eigenvalue weighted by Gasteiger charge is 2.23. The van der Waals surface area contributed by atoms with E-state index in [9.17, 15) is 4.79 Å². The SMILES string of the molecule is CCCCCCCn1c(N)[n+](CC(=O)c2ccc(Cl)c(Cl)c2)c2ccccc21. The highest BCUT2D eigenvalue weighted by molar-refractivity contribution is 6.42. The van der Waals surface area contributed by atoms with Crippen LogP contribution in [0.4, 0.5) is 5.95 Å². The Morgan fingerprint density at radius 3 is 2.54 bits per heavy atom. The molecule has 0 atom stereocenters. The molecule has 0 radical (unpaired) electrons. The maximum atomic E-state index is 12.8. The quantitative estimate of drug-likeness (QED) is 0.276. The number of unbranched alkanes of at least 4 members (excludes halogenated alkanes) is 4. The molecular formula is C22H26Cl2N3O+. The van der Waals surface area contributed by atoms with Crippen molar-refractivity contribution in [2.45, 2.75) is 52.1 Å². The zero-order valence-electron chi connectivity index (χ0n) is 16.1. The minimum Gasteiger partial charge on any atom is -0.291 e. The third-order valence-corrected chi connectivity index (χ3v) is 5.78. The van der Waals surface area contributed by atoms with E-state index in [4.69, 9.17) is 28.9 Å². The normalized spacial score (nSPS) is 11.2. The second kappa shape index (κ2) is 9.44. The van der Waals surface area contributed by atoms with Crippen molar-refractivity contribution in [2.24, 2.45) is 0 Å². The fourth-order valence-electron chi connectivity index (χ4n) is 3.49. The number of nitrogens with two attached hydrogens (primary N) is 1. The van der Waals surface area contributed by atoms with Gasteiger partial charge in [-0.15, -0.1) is 0 Å². The van der Waals surface area contributed by atoms with Crippen LogP contribution in [-0.2, 0) is 13.1 Å². The molecule has 0 bridgehead atoms. The van der Waals surface area contributed by atoms with Gasteiger partial charge < -0.3 is 0 Å². The minimum absolute atomic E-state index is 0.0545. The molecule has 0 unspecified atom stereocenters. The summed E-state index contributed by atoms with van der Waals surface area (Å²) >= 11 is 12.0. The average Bonchev–Trinajstić information content (AvgIpc) is 2.95. The van der Waals surface area contributed by atoms with Crippen LogP contribution in [0.25, 0.3) is 11.0 Å². The summed E-state index contributed by atoms with van der Waals surface area (Å²) in [4.78, 5) is 12.8. The molecule has 2 N–H and O–H groups in total. The van der Waals surface area contributed by atoms with Crippen molar-refractivity contribution >= 4 is 46.0 Å². The molecule has 4 nitrogen and oxygen atoms in total. The Morgan fingerprint density at radius 2 is 1.79 bits per heavy atom. The van der Waals surface area contributed by atoms with E-state index in [1.165, 1.54) is 25.7 Å². The van der Waals surface area contributed by atoms with E-state index in [2.05, 4.69) is 17.6 Å². The number of aryl methyl sites for hydroxylation is 1. The van der Waals surface area contributed by atoms with Gasteiger partial charge in [0.1, 0.15) is 17.6 Å². The van der Waals surface area contributed by atoms with Gasteiger partial charge in [0.05, 0.1) is 16.6 Å². The Hall–Kier alpha value is -2.04. The molecule has 1 aromatic heterocycles. The Bertz CT molecular complexity index is 981. The predicted molar refractivity (Wildman–Crippen MR) is 116 cm³/mol. The number of anilines is 1. The first-order valence-electron chi connectivity index (χ1n) is 9.77. The summed E-state index contributed by atoms with van der Waals surface area (Å²) in [5.74, 6) is 0.547. The smallest absolute Gasteiger partial charge is 0.291 e. The van der Waals surface area contributed by atoms with Crippen molar-refractivity contribution in [2.75, 3.05) is 5.73 Å². The Labute approximate surface area is 175 Å². The van der Waals surface area contributed by atoms with Crippen molar-refractivity contribution in [3.63, 3.8) is 0 Å². The Kier molecular flexibility index (Phi) is 6.97. The number of nitrogens with zero attached hydrogens (tertiary/aromatic N) is 2. The fraction of sp³-hybridized carbons (Fsp3) is 0.364. The summed E-state index contributed by atoms with van der Waals surface area (Å²) in [5, 5.41) is 0.810. The van der Waals surface area contributed by atoms with Gasteiger partial charge in [-0.2, -0.15) is 0 Å². The van der Waals surface area contributed by atoms with Crippen LogP contribution in [0, 0.1) is 0 Å². The largest absolute Gasteiger partial charge is 0.356 e. The van der Waals surface area contributed by atoms with Crippen molar-refractivity contribution in [1.82, 2.24) is 4.57 Å². The summed E-state index contributed by atoms with van der Waals surface area (Å²) in [7, 11) is 0. The van der Waals surface area contributed by atoms with E-state index < -0.39 is 0 Å². The van der Waals surface area contributed by atoms with Gasteiger partial charge in [0.15, 0.2) is 5.78 Å². The zero-order chi connectivity index (χ0) is 20.1. The van der Waals surface area contributed by atoms with Crippen LogP contribution in [0.5, 0.6) is 0 Å². The summed E-state index contributed by atoms with van der Waals surface area (Å²) < 4.78 is 4.00.